The van der Waals surface area contributed by atoms with Gasteiger partial charge in [-0.15, -0.1) is 0 Å². The zero-order valence-electron chi connectivity index (χ0n) is 21.9. The number of nitrogens with zero attached hydrogens (tertiary/aromatic N) is 5. The van der Waals surface area contributed by atoms with Crippen LogP contribution in [0.15, 0.2) is 48.5 Å². The second kappa shape index (κ2) is 9.70. The molecule has 5 rings (SSSR count). The molecule has 196 valence electrons. The van der Waals surface area contributed by atoms with E-state index in [0.29, 0.717) is 26.2 Å². The summed E-state index contributed by atoms with van der Waals surface area (Å²) < 4.78 is 7.59. The minimum absolute atomic E-state index is 0.111. The number of ether oxygens (including phenoxy) is 1. The van der Waals surface area contributed by atoms with Gasteiger partial charge in [0.15, 0.2) is 0 Å². The van der Waals surface area contributed by atoms with Crippen molar-refractivity contribution in [3.63, 3.8) is 0 Å². The Morgan fingerprint density at radius 1 is 1.03 bits per heavy atom. The first-order valence-corrected chi connectivity index (χ1v) is 12.8. The summed E-state index contributed by atoms with van der Waals surface area (Å²) in [7, 11) is 2.03. The Kier molecular flexibility index (Phi) is 6.58. The number of rotatable bonds is 3. The number of para-hydroxylation sites is 2. The molecule has 2 aromatic carbocycles. The Labute approximate surface area is 217 Å². The van der Waals surface area contributed by atoms with E-state index in [2.05, 4.69) is 33.7 Å². The third-order valence-electron chi connectivity index (χ3n) is 7.04. The van der Waals surface area contributed by atoms with Crippen LogP contribution in [0.25, 0.3) is 22.4 Å². The Hall–Kier alpha value is -3.59. The van der Waals surface area contributed by atoms with Crippen molar-refractivity contribution in [1.82, 2.24) is 19.4 Å². The highest BCUT2D eigenvalue weighted by Gasteiger charge is 2.43. The van der Waals surface area contributed by atoms with E-state index in [4.69, 9.17) is 9.72 Å². The van der Waals surface area contributed by atoms with E-state index in [1.807, 2.05) is 31.3 Å². The van der Waals surface area contributed by atoms with Crippen molar-refractivity contribution in [1.29, 1.82) is 0 Å². The van der Waals surface area contributed by atoms with Crippen molar-refractivity contribution in [2.75, 3.05) is 37.6 Å². The standard InChI is InChI=1S/C28H35N5O4/c1-28(2,3)37-27(36)33-18-21(34)17-24(33)26(35)32-14-12-31(13-15-32)20-9-7-8-19(16-20)25-29-22-10-5-6-11-23(22)30(25)4/h5-11,16,21,24,34H,12-15,17-18H2,1-4H3/t21-,24+/m1/s1. The van der Waals surface area contributed by atoms with Crippen molar-refractivity contribution in [3.8, 4) is 11.4 Å². The van der Waals surface area contributed by atoms with Gasteiger partial charge in [-0.3, -0.25) is 9.69 Å². The molecule has 2 fully saturated rings. The first-order chi connectivity index (χ1) is 17.6. The Morgan fingerprint density at radius 3 is 2.46 bits per heavy atom. The average molecular weight is 506 g/mol. The lowest BCUT2D eigenvalue weighted by Crippen LogP contribution is -2.54. The van der Waals surface area contributed by atoms with Gasteiger partial charge in [0.1, 0.15) is 17.5 Å². The van der Waals surface area contributed by atoms with Crippen LogP contribution >= 0.6 is 0 Å². The number of aromatic nitrogens is 2. The molecule has 3 aromatic rings. The van der Waals surface area contributed by atoms with Crippen molar-refractivity contribution in [3.05, 3.63) is 48.5 Å². The molecule has 0 aliphatic carbocycles. The number of piperazine rings is 1. The van der Waals surface area contributed by atoms with E-state index in [9.17, 15) is 14.7 Å². The second-order valence-corrected chi connectivity index (χ2v) is 10.9. The quantitative estimate of drug-likeness (QED) is 0.588. The molecule has 0 spiro atoms. The monoisotopic (exact) mass is 505 g/mol. The summed E-state index contributed by atoms with van der Waals surface area (Å²) in [5.74, 6) is 0.786. The van der Waals surface area contributed by atoms with Crippen LogP contribution in [0.5, 0.6) is 0 Å². The number of β-amino-alcohol motifs (C(OH)–C–C–N with tert-alkyl or cyclic N) is 1. The molecule has 9 heteroatoms. The number of hydrogen-bond donors (Lipinski definition) is 1. The van der Waals surface area contributed by atoms with Crippen LogP contribution in [0.2, 0.25) is 0 Å². The summed E-state index contributed by atoms with van der Waals surface area (Å²) >= 11 is 0. The molecular weight excluding hydrogens is 470 g/mol. The van der Waals surface area contributed by atoms with Gasteiger partial charge < -0.3 is 24.2 Å². The van der Waals surface area contributed by atoms with Gasteiger partial charge in [-0.1, -0.05) is 24.3 Å². The molecule has 2 atom stereocenters. The fourth-order valence-corrected chi connectivity index (χ4v) is 5.21. The largest absolute Gasteiger partial charge is 0.444 e. The van der Waals surface area contributed by atoms with Crippen molar-refractivity contribution >= 4 is 28.7 Å². The zero-order chi connectivity index (χ0) is 26.3. The third kappa shape index (κ3) is 5.13. The van der Waals surface area contributed by atoms with E-state index in [1.54, 1.807) is 25.7 Å². The minimum Gasteiger partial charge on any atom is -0.444 e. The topological polar surface area (TPSA) is 91.1 Å². The van der Waals surface area contributed by atoms with Crippen LogP contribution in [0.4, 0.5) is 10.5 Å². The van der Waals surface area contributed by atoms with Crippen molar-refractivity contribution in [2.24, 2.45) is 7.05 Å². The summed E-state index contributed by atoms with van der Waals surface area (Å²) in [6.45, 7) is 7.93. The van der Waals surface area contributed by atoms with Gasteiger partial charge >= 0.3 is 6.09 Å². The molecule has 2 saturated heterocycles. The van der Waals surface area contributed by atoms with E-state index >= 15 is 0 Å². The number of aryl methyl sites for hydroxylation is 1. The van der Waals surface area contributed by atoms with Crippen LogP contribution in [0, 0.1) is 0 Å². The minimum atomic E-state index is -0.728. The highest BCUT2D eigenvalue weighted by Crippen LogP contribution is 2.28. The maximum Gasteiger partial charge on any atom is 0.411 e. The van der Waals surface area contributed by atoms with Crippen LogP contribution in [-0.4, -0.2) is 86.9 Å². The highest BCUT2D eigenvalue weighted by molar-refractivity contribution is 5.87. The van der Waals surface area contributed by atoms with Gasteiger partial charge in [-0.05, 0) is 45.0 Å². The van der Waals surface area contributed by atoms with E-state index < -0.39 is 23.8 Å². The van der Waals surface area contributed by atoms with E-state index in [-0.39, 0.29) is 18.9 Å². The number of hydrogen-bond acceptors (Lipinski definition) is 6. The molecule has 3 heterocycles. The summed E-state index contributed by atoms with van der Waals surface area (Å²) in [6, 6.07) is 15.8. The molecule has 2 aliphatic heterocycles. The number of amides is 2. The van der Waals surface area contributed by atoms with E-state index in [0.717, 1.165) is 28.1 Å². The molecule has 0 radical (unpaired) electrons. The number of imidazole rings is 1. The van der Waals surface area contributed by atoms with Crippen LogP contribution in [0.3, 0.4) is 0 Å². The van der Waals surface area contributed by atoms with Crippen LogP contribution < -0.4 is 4.90 Å². The Morgan fingerprint density at radius 2 is 1.76 bits per heavy atom. The molecule has 0 saturated carbocycles. The fraction of sp³-hybridized carbons (Fsp3) is 0.464. The molecule has 0 bridgehead atoms. The first kappa shape index (κ1) is 25.1. The summed E-state index contributed by atoms with van der Waals surface area (Å²) in [6.07, 6.45) is -1.05. The smallest absolute Gasteiger partial charge is 0.411 e. The number of likely N-dealkylation sites (tertiary alicyclic amines) is 1. The molecule has 2 aliphatic rings. The van der Waals surface area contributed by atoms with Gasteiger partial charge in [0, 0.05) is 50.9 Å². The average Bonchev–Trinajstić information content (AvgIpc) is 3.43. The molecule has 2 amide bonds. The Balaban J connectivity index is 1.26. The first-order valence-electron chi connectivity index (χ1n) is 12.8. The summed E-state index contributed by atoms with van der Waals surface area (Å²) in [5.41, 5.74) is 3.52. The molecule has 0 unspecified atom stereocenters. The normalized spacial score (nSPS) is 20.5. The number of fused-ring (bicyclic) bond motifs is 1. The molecule has 37 heavy (non-hydrogen) atoms. The summed E-state index contributed by atoms with van der Waals surface area (Å²) in [4.78, 5) is 36.3. The predicted octanol–water partition coefficient (Wildman–Crippen LogP) is 3.26. The fourth-order valence-electron chi connectivity index (χ4n) is 5.21. The lowest BCUT2D eigenvalue weighted by molar-refractivity contribution is -0.136. The number of aliphatic hydroxyl groups is 1. The SMILES string of the molecule is Cn1c(-c2cccc(N3CCN(C(=O)[C@@H]4C[C@@H](O)CN4C(=O)OC(C)(C)C)CC3)c2)nc2ccccc21. The number of benzene rings is 2. The van der Waals surface area contributed by atoms with Gasteiger partial charge in [0.05, 0.1) is 23.7 Å². The lowest BCUT2D eigenvalue weighted by Gasteiger charge is -2.38. The number of carbonyl (C=O) groups is 2. The van der Waals surface area contributed by atoms with Gasteiger partial charge in [-0.2, -0.15) is 0 Å². The number of aliphatic hydroxyl groups excluding tert-OH is 1. The van der Waals surface area contributed by atoms with Crippen molar-refractivity contribution in [2.45, 2.75) is 44.9 Å². The van der Waals surface area contributed by atoms with E-state index in [1.165, 1.54) is 4.90 Å². The maximum absolute atomic E-state index is 13.4. The molecule has 1 N–H and O–H groups in total. The molecular formula is C28H35N5O4. The number of carbonyl (C=O) groups excluding carboxylic acids is 2. The zero-order valence-corrected chi connectivity index (χ0v) is 21.9. The van der Waals surface area contributed by atoms with Gasteiger partial charge in [-0.25, -0.2) is 9.78 Å². The third-order valence-corrected chi connectivity index (χ3v) is 7.04. The summed E-state index contributed by atoms with van der Waals surface area (Å²) in [5, 5.41) is 10.2. The van der Waals surface area contributed by atoms with Gasteiger partial charge in [0.25, 0.3) is 0 Å². The van der Waals surface area contributed by atoms with Crippen LogP contribution in [-0.2, 0) is 16.6 Å². The van der Waals surface area contributed by atoms with Crippen LogP contribution in [0.1, 0.15) is 27.2 Å². The van der Waals surface area contributed by atoms with Crippen molar-refractivity contribution < 1.29 is 19.4 Å². The second-order valence-electron chi connectivity index (χ2n) is 10.9. The van der Waals surface area contributed by atoms with Gasteiger partial charge in [0.2, 0.25) is 5.91 Å². The Bertz CT molecular complexity index is 1310. The molecule has 9 nitrogen and oxygen atoms in total. The lowest BCUT2D eigenvalue weighted by atomic mass is 10.1. The number of anilines is 1. The predicted molar refractivity (Wildman–Crippen MR) is 142 cm³/mol. The highest BCUT2D eigenvalue weighted by atomic mass is 16.6. The molecule has 1 aromatic heterocycles. The maximum atomic E-state index is 13.4.